The van der Waals surface area contributed by atoms with Gasteiger partial charge in [-0.1, -0.05) is 40.0 Å². The van der Waals surface area contributed by atoms with Crippen molar-refractivity contribution in [3.8, 4) is 63.1 Å². The van der Waals surface area contributed by atoms with E-state index < -0.39 is 56.3 Å². The molecule has 1 atom stereocenters. The minimum atomic E-state index is -5.15. The lowest BCUT2D eigenvalue weighted by atomic mass is 9.88. The molecule has 0 radical (unpaired) electrons. The Kier molecular flexibility index (Phi) is 11.6. The zero-order valence-electron chi connectivity index (χ0n) is 34.4. The number of anilines is 3. The predicted molar refractivity (Wildman–Crippen MR) is 237 cm³/mol. The first kappa shape index (κ1) is 45.3. The summed E-state index contributed by atoms with van der Waals surface area (Å²) < 4.78 is 138. The Morgan fingerprint density at radius 3 is 2.09 bits per heavy atom. The maximum Gasteiger partial charge on any atom is 0.268 e. The Bertz CT molecular complexity index is 3340. The second-order valence-electron chi connectivity index (χ2n) is 14.1. The van der Waals surface area contributed by atoms with Crippen LogP contribution in [0.3, 0.4) is 0 Å². The zero-order valence-corrected chi connectivity index (χ0v) is 38.3. The first-order valence-corrected chi connectivity index (χ1v) is 23.1. The van der Waals surface area contributed by atoms with Crippen LogP contribution in [0.1, 0.15) is 5.56 Å². The number of benzene rings is 4. The van der Waals surface area contributed by atoms with Gasteiger partial charge in [-0.05, 0) is 60.7 Å². The van der Waals surface area contributed by atoms with E-state index in [-0.39, 0.29) is 87.0 Å². The van der Waals surface area contributed by atoms with Crippen LogP contribution < -0.4 is 32.7 Å². The number of sulfonamides is 2. The van der Waals surface area contributed by atoms with E-state index in [0.717, 1.165) is 22.8 Å². The van der Waals surface area contributed by atoms with Crippen molar-refractivity contribution in [2.24, 2.45) is 0 Å². The third kappa shape index (κ3) is 7.82. The molecule has 1 aliphatic carbocycles. The van der Waals surface area contributed by atoms with Gasteiger partial charge in [-0.15, -0.1) is 0 Å². The number of ether oxygens (including phenoxy) is 5. The summed E-state index contributed by atoms with van der Waals surface area (Å²) in [7, 11) is -6.13. The van der Waals surface area contributed by atoms with Crippen LogP contribution in [-0.2, 0) is 25.7 Å². The van der Waals surface area contributed by atoms with E-state index in [4.69, 9.17) is 71.8 Å². The molecular formula is C42H29Cl3F2N6O12S2. The minimum Gasteiger partial charge on any atom is -0.497 e. The highest BCUT2D eigenvalue weighted by Gasteiger charge is 2.55. The van der Waals surface area contributed by atoms with Gasteiger partial charge in [-0.3, -0.25) is 4.72 Å². The van der Waals surface area contributed by atoms with Gasteiger partial charge < -0.3 is 37.0 Å². The Morgan fingerprint density at radius 2 is 1.46 bits per heavy atom. The quantitative estimate of drug-likeness (QED) is 0.100. The van der Waals surface area contributed by atoms with E-state index >= 15 is 17.2 Å². The van der Waals surface area contributed by atoms with Crippen LogP contribution >= 0.6 is 34.8 Å². The van der Waals surface area contributed by atoms with Crippen LogP contribution in [0, 0.1) is 5.82 Å². The fourth-order valence-corrected chi connectivity index (χ4v) is 11.2. The molecule has 4 heterocycles. The maximum absolute atomic E-state index is 18.2. The summed E-state index contributed by atoms with van der Waals surface area (Å²) in [6, 6.07) is 11.0. The molecule has 2 aliphatic rings. The number of halogens is 5. The van der Waals surface area contributed by atoms with Crippen molar-refractivity contribution in [1.82, 2.24) is 20.1 Å². The number of allylic oxidation sites excluding steroid dienone is 3. The first-order chi connectivity index (χ1) is 32.0. The van der Waals surface area contributed by atoms with Gasteiger partial charge in [0.1, 0.15) is 24.1 Å². The molecule has 7 aromatic rings. The molecule has 0 spiro atoms. The van der Waals surface area contributed by atoms with E-state index in [9.17, 15) is 8.42 Å². The summed E-state index contributed by atoms with van der Waals surface area (Å²) in [6.45, 7) is -0.182. The number of hydrogen-bond acceptors (Lipinski definition) is 16. The average molecular weight is 1020 g/mol. The van der Waals surface area contributed by atoms with Crippen molar-refractivity contribution in [3.05, 3.63) is 125 Å². The van der Waals surface area contributed by atoms with Crippen LogP contribution in [0.15, 0.2) is 127 Å². The number of methoxy groups -OCH3 is 3. The summed E-state index contributed by atoms with van der Waals surface area (Å²) in [4.78, 5) is 10.8. The van der Waals surface area contributed by atoms with Gasteiger partial charge in [0.25, 0.3) is 25.9 Å². The van der Waals surface area contributed by atoms with E-state index in [0.29, 0.717) is 18.2 Å². The molecule has 1 N–H and O–H groups in total. The topological polar surface area (TPSA) is 221 Å². The van der Waals surface area contributed by atoms with Crippen molar-refractivity contribution in [2.45, 2.75) is 14.9 Å². The van der Waals surface area contributed by atoms with Crippen LogP contribution in [0.4, 0.5) is 25.8 Å². The molecule has 1 unspecified atom stereocenters. The van der Waals surface area contributed by atoms with Gasteiger partial charge in [0.2, 0.25) is 18.6 Å². The van der Waals surface area contributed by atoms with E-state index in [2.05, 4.69) is 24.8 Å². The fraction of sp³-hybridized carbons (Fsp3) is 0.143. The summed E-state index contributed by atoms with van der Waals surface area (Å²) in [5.74, 6) is -0.777. The minimum absolute atomic E-state index is 0.0153. The highest BCUT2D eigenvalue weighted by molar-refractivity contribution is 7.97. The van der Waals surface area contributed by atoms with Crippen molar-refractivity contribution < 1.29 is 62.7 Å². The maximum atomic E-state index is 18.2. The number of rotatable bonds is 14. The highest BCUT2D eigenvalue weighted by atomic mass is 35.5. The molecule has 0 bridgehead atoms. The average Bonchev–Trinajstić information content (AvgIpc) is 4.17. The first-order valence-electron chi connectivity index (χ1n) is 19.0. The molecular weight excluding hydrogens is 989 g/mol. The van der Waals surface area contributed by atoms with Gasteiger partial charge in [0.15, 0.2) is 39.3 Å². The molecule has 9 rings (SSSR count). The van der Waals surface area contributed by atoms with Gasteiger partial charge >= 0.3 is 0 Å². The molecule has 0 fully saturated rings. The van der Waals surface area contributed by atoms with Gasteiger partial charge in [-0.2, -0.15) is 4.98 Å². The van der Waals surface area contributed by atoms with Crippen LogP contribution in [0.5, 0.6) is 28.7 Å². The summed E-state index contributed by atoms with van der Waals surface area (Å²) in [5, 5.41) is 2.64. The number of nitrogens with one attached hydrogen (secondary N) is 1. The Morgan fingerprint density at radius 1 is 0.791 bits per heavy atom. The molecule has 4 aromatic carbocycles. The van der Waals surface area contributed by atoms with Crippen LogP contribution in [0.25, 0.3) is 34.4 Å². The fourth-order valence-electron chi connectivity index (χ4n) is 7.25. The largest absolute Gasteiger partial charge is 0.497 e. The van der Waals surface area contributed by atoms with E-state index in [1.807, 2.05) is 0 Å². The second kappa shape index (κ2) is 17.1. The Hall–Kier alpha value is -6.85. The Labute approximate surface area is 393 Å². The molecule has 67 heavy (non-hydrogen) atoms. The number of oxazole rings is 2. The molecule has 0 amide bonds. The number of nitrogens with zero attached hydrogens (tertiary/aromatic N) is 5. The lowest BCUT2D eigenvalue weighted by Crippen LogP contribution is -2.42. The second-order valence-corrected chi connectivity index (χ2v) is 19.3. The van der Waals surface area contributed by atoms with E-state index in [1.54, 1.807) is 0 Å². The van der Waals surface area contributed by atoms with E-state index in [1.165, 1.54) is 88.7 Å². The van der Waals surface area contributed by atoms with Crippen molar-refractivity contribution in [3.63, 3.8) is 0 Å². The smallest absolute Gasteiger partial charge is 0.268 e. The van der Waals surface area contributed by atoms with Crippen LogP contribution in [-0.4, -0.2) is 69.4 Å². The Balaban J connectivity index is 1.20. The third-order valence-electron chi connectivity index (χ3n) is 10.4. The molecule has 346 valence electrons. The molecule has 18 nitrogen and oxygen atoms in total. The number of hydrogen-bond donors (Lipinski definition) is 1. The molecule has 0 saturated carbocycles. The summed E-state index contributed by atoms with van der Waals surface area (Å²) >= 11 is 20.2. The zero-order chi connectivity index (χ0) is 47.5. The summed E-state index contributed by atoms with van der Waals surface area (Å²) in [5.41, 5.74) is -5.00. The van der Waals surface area contributed by atoms with Gasteiger partial charge in [0, 0.05) is 17.7 Å². The highest BCUT2D eigenvalue weighted by Crippen LogP contribution is 2.56. The van der Waals surface area contributed by atoms with Gasteiger partial charge in [0.05, 0.1) is 82.3 Å². The molecule has 25 heteroatoms. The van der Waals surface area contributed by atoms with Crippen LogP contribution in [0.2, 0.25) is 5.02 Å². The predicted octanol–water partition coefficient (Wildman–Crippen LogP) is 9.35. The number of alkyl halides is 3. The van der Waals surface area contributed by atoms with Crippen molar-refractivity contribution in [2.75, 3.05) is 37.1 Å². The molecule has 1 aliphatic heterocycles. The number of aromatic nitrogens is 4. The normalized spacial score (nSPS) is 16.4. The summed E-state index contributed by atoms with van der Waals surface area (Å²) in [6.07, 6.45) is 8.12. The monoisotopic (exact) mass is 1020 g/mol. The number of fused-ring (bicyclic) bond motifs is 1. The van der Waals surface area contributed by atoms with Gasteiger partial charge in [-0.25, -0.2) is 39.9 Å². The SMILES string of the molecule is COc1ccc(N(c2cc(OC)c(OC)cc2-c2ncno2)S(=O)(=O)C2=CC(Cl)(Cl)C(F)(c3c(S(=O)(=O)Nc4cc5c(cc4-c4ncco4)OCO5)ccc(F)c3Cl)C=C2)c(-c2ncco2)c1. The lowest BCUT2D eigenvalue weighted by molar-refractivity contribution is 0.174. The van der Waals surface area contributed by atoms with Crippen molar-refractivity contribution in [1.29, 1.82) is 0 Å². The lowest BCUT2D eigenvalue weighted by Gasteiger charge is -2.37. The van der Waals surface area contributed by atoms with Crippen molar-refractivity contribution >= 4 is 71.9 Å². The standard InChI is InChI=1S/C42H29Cl3F2N6O12S2/c1-58-22-4-6-29(25(14-22)39-49-11-13-62-39)53(30-18-32(60-3)31(59-2)16-26(30)40-50-20-51-65-40)67(56,57)23-8-9-41(47,42(44,45)19-23)36-35(7-5-27(46)37(36)43)66(54,55)52-28-17-34-33(63-21-64-34)15-24(28)38-48-10-12-61-38/h4-20,52H,21H2,1-3H3. The third-order valence-corrected chi connectivity index (χ3v) is 14.6. The molecule has 3 aromatic heterocycles. The molecule has 0 saturated heterocycles.